The van der Waals surface area contributed by atoms with Crippen LogP contribution < -0.4 is 0 Å². The molecule has 0 amide bonds. The van der Waals surface area contributed by atoms with Crippen molar-refractivity contribution in [1.82, 2.24) is 4.98 Å². The summed E-state index contributed by atoms with van der Waals surface area (Å²) >= 11 is 5.77. The maximum absolute atomic E-state index is 13.9. The van der Waals surface area contributed by atoms with E-state index >= 15 is 0 Å². The third-order valence-electron chi connectivity index (χ3n) is 3.52. The van der Waals surface area contributed by atoms with E-state index in [1.54, 1.807) is 24.5 Å². The topological polar surface area (TPSA) is 33.1 Å². The van der Waals surface area contributed by atoms with E-state index in [9.17, 15) is 9.50 Å². The lowest BCUT2D eigenvalue weighted by Gasteiger charge is -2.14. The molecule has 2 nitrogen and oxygen atoms in total. The summed E-state index contributed by atoms with van der Waals surface area (Å²) in [5.74, 6) is -0.475. The number of aromatic nitrogens is 1. The molecule has 1 unspecified atom stereocenters. The number of fused-ring (bicyclic) bond motifs is 1. The Labute approximate surface area is 126 Å². The van der Waals surface area contributed by atoms with E-state index in [0.29, 0.717) is 5.56 Å². The molecular weight excluding hydrogens is 289 g/mol. The highest BCUT2D eigenvalue weighted by atomic mass is 35.5. The van der Waals surface area contributed by atoms with Crippen LogP contribution in [0.25, 0.3) is 10.8 Å². The van der Waals surface area contributed by atoms with Crippen LogP contribution in [0.1, 0.15) is 17.2 Å². The molecular formula is C17H13ClFNO. The van der Waals surface area contributed by atoms with Gasteiger partial charge in [0.05, 0.1) is 11.1 Å². The van der Waals surface area contributed by atoms with Crippen LogP contribution >= 0.6 is 11.6 Å². The van der Waals surface area contributed by atoms with E-state index in [4.69, 9.17) is 11.6 Å². The van der Waals surface area contributed by atoms with Crippen molar-refractivity contribution in [2.24, 2.45) is 0 Å². The minimum absolute atomic E-state index is 0.0688. The molecule has 3 rings (SSSR count). The van der Waals surface area contributed by atoms with E-state index in [1.165, 1.54) is 6.07 Å². The second-order valence-corrected chi connectivity index (χ2v) is 5.28. The van der Waals surface area contributed by atoms with Gasteiger partial charge in [0.15, 0.2) is 0 Å². The zero-order valence-corrected chi connectivity index (χ0v) is 11.9. The first kappa shape index (κ1) is 14.0. The lowest BCUT2D eigenvalue weighted by atomic mass is 9.97. The molecule has 0 aliphatic heterocycles. The average molecular weight is 302 g/mol. The molecule has 1 atom stereocenters. The van der Waals surface area contributed by atoms with Crippen molar-refractivity contribution < 1.29 is 9.50 Å². The first-order valence-corrected chi connectivity index (χ1v) is 6.98. The predicted molar refractivity (Wildman–Crippen MR) is 81.8 cm³/mol. The SMILES string of the molecule is OC(Cc1cccc(Cl)c1F)c1cccc2ccncc12. The molecule has 0 aliphatic carbocycles. The molecule has 0 fully saturated rings. The Balaban J connectivity index is 1.97. The van der Waals surface area contributed by atoms with Crippen molar-refractivity contribution in [2.45, 2.75) is 12.5 Å². The maximum Gasteiger partial charge on any atom is 0.145 e. The molecule has 3 aromatic rings. The summed E-state index contributed by atoms with van der Waals surface area (Å²) in [6.45, 7) is 0. The van der Waals surface area contributed by atoms with Crippen LogP contribution in [-0.4, -0.2) is 10.1 Å². The van der Waals surface area contributed by atoms with Crippen molar-refractivity contribution in [2.75, 3.05) is 0 Å². The molecule has 2 aromatic carbocycles. The van der Waals surface area contributed by atoms with Crippen LogP contribution in [0.4, 0.5) is 4.39 Å². The van der Waals surface area contributed by atoms with Gasteiger partial charge in [-0.3, -0.25) is 4.98 Å². The summed E-state index contributed by atoms with van der Waals surface area (Å²) in [5, 5.41) is 12.4. The zero-order chi connectivity index (χ0) is 14.8. The van der Waals surface area contributed by atoms with Gasteiger partial charge in [0.2, 0.25) is 0 Å². The van der Waals surface area contributed by atoms with E-state index in [0.717, 1.165) is 16.3 Å². The highest BCUT2D eigenvalue weighted by Crippen LogP contribution is 2.28. The van der Waals surface area contributed by atoms with Crippen molar-refractivity contribution in [3.05, 3.63) is 76.8 Å². The molecule has 0 saturated heterocycles. The van der Waals surface area contributed by atoms with Gasteiger partial charge in [0.1, 0.15) is 5.82 Å². The zero-order valence-electron chi connectivity index (χ0n) is 11.1. The van der Waals surface area contributed by atoms with Gasteiger partial charge >= 0.3 is 0 Å². The summed E-state index contributed by atoms with van der Waals surface area (Å²) in [7, 11) is 0. The number of halogens is 2. The monoisotopic (exact) mass is 301 g/mol. The normalized spacial score (nSPS) is 12.5. The lowest BCUT2D eigenvalue weighted by Crippen LogP contribution is -2.04. The molecule has 1 heterocycles. The molecule has 106 valence electrons. The van der Waals surface area contributed by atoms with Gasteiger partial charge in [-0.15, -0.1) is 0 Å². The first-order valence-electron chi connectivity index (χ1n) is 6.60. The second kappa shape index (κ2) is 5.80. The predicted octanol–water partition coefficient (Wildman–Crippen LogP) is 4.30. The molecule has 21 heavy (non-hydrogen) atoms. The number of nitrogens with zero attached hydrogens (tertiary/aromatic N) is 1. The van der Waals surface area contributed by atoms with Gasteiger partial charge in [-0.2, -0.15) is 0 Å². The fourth-order valence-electron chi connectivity index (χ4n) is 2.45. The average Bonchev–Trinajstić information content (AvgIpc) is 2.51. The quantitative estimate of drug-likeness (QED) is 0.782. The van der Waals surface area contributed by atoms with E-state index in [2.05, 4.69) is 4.98 Å². The van der Waals surface area contributed by atoms with Crippen LogP contribution in [0.2, 0.25) is 5.02 Å². The van der Waals surface area contributed by atoms with E-state index in [-0.39, 0.29) is 11.4 Å². The van der Waals surface area contributed by atoms with Crippen LogP contribution in [0, 0.1) is 5.82 Å². The molecule has 4 heteroatoms. The van der Waals surface area contributed by atoms with Crippen LogP contribution in [-0.2, 0) is 6.42 Å². The molecule has 0 aliphatic rings. The van der Waals surface area contributed by atoms with E-state index < -0.39 is 11.9 Å². The molecule has 0 bridgehead atoms. The van der Waals surface area contributed by atoms with Gasteiger partial charge in [0.25, 0.3) is 0 Å². The lowest BCUT2D eigenvalue weighted by molar-refractivity contribution is 0.178. The van der Waals surface area contributed by atoms with Gasteiger partial charge in [0, 0.05) is 24.2 Å². The maximum atomic E-state index is 13.9. The third-order valence-corrected chi connectivity index (χ3v) is 3.81. The molecule has 0 spiro atoms. The van der Waals surface area contributed by atoms with Gasteiger partial charge < -0.3 is 5.11 Å². The Hall–Kier alpha value is -1.97. The standard InChI is InChI=1S/C17H13ClFNO/c18-15-6-2-4-12(17(15)19)9-16(21)13-5-1-3-11-7-8-20-10-14(11)13/h1-8,10,16,21H,9H2. The van der Waals surface area contributed by atoms with Crippen molar-refractivity contribution in [3.8, 4) is 0 Å². The number of benzene rings is 2. The smallest absolute Gasteiger partial charge is 0.145 e. The van der Waals surface area contributed by atoms with Gasteiger partial charge in [-0.1, -0.05) is 41.9 Å². The summed E-state index contributed by atoms with van der Waals surface area (Å²) in [6, 6.07) is 12.3. The third kappa shape index (κ3) is 2.75. The fourth-order valence-corrected chi connectivity index (χ4v) is 2.65. The molecule has 0 radical (unpaired) electrons. The Kier molecular flexibility index (Phi) is 3.86. The molecule has 1 N–H and O–H groups in total. The summed E-state index contributed by atoms with van der Waals surface area (Å²) < 4.78 is 13.9. The number of aliphatic hydroxyl groups excluding tert-OH is 1. The fraction of sp³-hybridized carbons (Fsp3) is 0.118. The Morgan fingerprint density at radius 2 is 1.95 bits per heavy atom. The highest BCUT2D eigenvalue weighted by molar-refractivity contribution is 6.30. The van der Waals surface area contributed by atoms with Gasteiger partial charge in [-0.05, 0) is 28.6 Å². The Bertz CT molecular complexity index is 785. The Morgan fingerprint density at radius 1 is 1.14 bits per heavy atom. The van der Waals surface area contributed by atoms with Crippen molar-refractivity contribution in [1.29, 1.82) is 0 Å². The summed E-state index contributed by atoms with van der Waals surface area (Å²) in [5.41, 5.74) is 1.14. The second-order valence-electron chi connectivity index (χ2n) is 4.88. The molecule has 0 saturated carbocycles. The Morgan fingerprint density at radius 3 is 2.81 bits per heavy atom. The number of hydrogen-bond acceptors (Lipinski definition) is 2. The first-order chi connectivity index (χ1) is 10.2. The number of pyridine rings is 1. The number of rotatable bonds is 3. The highest BCUT2D eigenvalue weighted by Gasteiger charge is 2.15. The van der Waals surface area contributed by atoms with Crippen LogP contribution in [0.5, 0.6) is 0 Å². The van der Waals surface area contributed by atoms with E-state index in [1.807, 2.05) is 24.3 Å². The minimum atomic E-state index is -0.814. The van der Waals surface area contributed by atoms with Crippen LogP contribution in [0.15, 0.2) is 54.9 Å². The summed E-state index contributed by atoms with van der Waals surface area (Å²) in [6.07, 6.45) is 2.77. The number of hydrogen-bond donors (Lipinski definition) is 1. The van der Waals surface area contributed by atoms with Crippen molar-refractivity contribution in [3.63, 3.8) is 0 Å². The minimum Gasteiger partial charge on any atom is -0.388 e. The van der Waals surface area contributed by atoms with Crippen LogP contribution in [0.3, 0.4) is 0 Å². The van der Waals surface area contributed by atoms with Crippen molar-refractivity contribution >= 4 is 22.4 Å². The largest absolute Gasteiger partial charge is 0.388 e. The molecule has 1 aromatic heterocycles. The van der Waals surface area contributed by atoms with Gasteiger partial charge in [-0.25, -0.2) is 4.39 Å². The number of aliphatic hydroxyl groups is 1. The summed E-state index contributed by atoms with van der Waals surface area (Å²) in [4.78, 5) is 4.09.